The normalized spacial score (nSPS) is 13.6. The molecule has 7 nitrogen and oxygen atoms in total. The second-order valence-corrected chi connectivity index (χ2v) is 8.50. The number of ether oxygens (including phenoxy) is 1. The van der Waals surface area contributed by atoms with Crippen LogP contribution in [-0.4, -0.2) is 26.6 Å². The first-order valence-corrected chi connectivity index (χ1v) is 11.1. The van der Waals surface area contributed by atoms with Crippen LogP contribution in [-0.2, 0) is 18.3 Å². The third-order valence-corrected chi connectivity index (χ3v) is 5.63. The number of aryl methyl sites for hydroxylation is 1. The number of carbonyl (C=O) groups is 1. The number of amides is 1. The van der Waals surface area contributed by atoms with Crippen LogP contribution in [0.3, 0.4) is 0 Å². The van der Waals surface area contributed by atoms with Crippen molar-refractivity contribution in [2.45, 2.75) is 25.4 Å². The van der Waals surface area contributed by atoms with Crippen LogP contribution in [0.5, 0.6) is 11.5 Å². The summed E-state index contributed by atoms with van der Waals surface area (Å²) >= 11 is 0. The monoisotopic (exact) mass is 481 g/mol. The van der Waals surface area contributed by atoms with Gasteiger partial charge in [0.25, 0.3) is 0 Å². The van der Waals surface area contributed by atoms with Crippen LogP contribution in [0.1, 0.15) is 18.4 Å². The number of rotatable bonds is 7. The number of fused-ring (bicyclic) bond motifs is 1. The molecule has 1 amide bonds. The Bertz CT molecular complexity index is 1380. The topological polar surface area (TPSA) is 81.1 Å². The zero-order chi connectivity index (χ0) is 24.6. The largest absolute Gasteiger partial charge is 0.457 e. The molecule has 2 aromatic carbocycles. The number of nitrogens with zero attached hydrogens (tertiary/aromatic N) is 3. The van der Waals surface area contributed by atoms with Crippen LogP contribution in [0.4, 0.5) is 30.6 Å². The summed E-state index contributed by atoms with van der Waals surface area (Å²) in [6.07, 6.45) is -1.82. The number of carbonyl (C=O) groups excluding carboxylic acids is 1. The Morgan fingerprint density at radius 3 is 2.54 bits per heavy atom. The highest BCUT2D eigenvalue weighted by Gasteiger charge is 2.30. The molecular weight excluding hydrogens is 459 g/mol. The predicted molar refractivity (Wildman–Crippen MR) is 126 cm³/mol. The highest BCUT2D eigenvalue weighted by Crippen LogP contribution is 2.31. The van der Waals surface area contributed by atoms with Gasteiger partial charge in [0.1, 0.15) is 17.3 Å². The summed E-state index contributed by atoms with van der Waals surface area (Å²) in [5.41, 5.74) is 2.35. The molecule has 0 atom stereocenters. The van der Waals surface area contributed by atoms with Gasteiger partial charge in [0.2, 0.25) is 11.9 Å². The average Bonchev–Trinajstić information content (AvgIpc) is 3.60. The fourth-order valence-electron chi connectivity index (χ4n) is 3.67. The van der Waals surface area contributed by atoms with Crippen molar-refractivity contribution in [3.8, 4) is 11.5 Å². The van der Waals surface area contributed by atoms with Crippen LogP contribution < -0.4 is 15.4 Å². The van der Waals surface area contributed by atoms with E-state index in [0.717, 1.165) is 18.4 Å². The number of hydrogen-bond acceptors (Lipinski definition) is 5. The molecule has 0 bridgehead atoms. The number of aromatic nitrogens is 3. The van der Waals surface area contributed by atoms with Gasteiger partial charge in [-0.2, -0.15) is 13.2 Å². The van der Waals surface area contributed by atoms with Gasteiger partial charge >= 0.3 is 6.18 Å². The number of pyridine rings is 1. The smallest absolute Gasteiger partial charge is 0.393 e. The molecule has 0 aliphatic heterocycles. The summed E-state index contributed by atoms with van der Waals surface area (Å²) in [4.78, 5) is 20.7. The molecule has 5 rings (SSSR count). The third-order valence-electron chi connectivity index (χ3n) is 5.63. The molecule has 35 heavy (non-hydrogen) atoms. The van der Waals surface area contributed by atoms with Gasteiger partial charge in [-0.25, -0.2) is 9.97 Å². The minimum atomic E-state index is -4.24. The molecule has 0 spiro atoms. The molecule has 0 radical (unpaired) electrons. The van der Waals surface area contributed by atoms with Gasteiger partial charge in [-0.15, -0.1) is 0 Å². The summed E-state index contributed by atoms with van der Waals surface area (Å²) in [7, 11) is 1.84. The molecule has 180 valence electrons. The van der Waals surface area contributed by atoms with E-state index in [9.17, 15) is 18.0 Å². The SMILES string of the molecule is Cn1c(Nc2ccc(CC(F)(F)F)cc2)nc2cc(Oc3ccnc(NC(=O)C4CC4)c3)ccc21. The number of anilines is 3. The number of nitrogens with one attached hydrogen (secondary N) is 2. The van der Waals surface area contributed by atoms with Gasteiger partial charge in [-0.1, -0.05) is 12.1 Å². The summed E-state index contributed by atoms with van der Waals surface area (Å²) in [5, 5.41) is 5.94. The van der Waals surface area contributed by atoms with Gasteiger partial charge in [-0.3, -0.25) is 4.79 Å². The number of hydrogen-bond donors (Lipinski definition) is 2. The maximum Gasteiger partial charge on any atom is 0.393 e. The fourth-order valence-corrected chi connectivity index (χ4v) is 3.67. The molecule has 2 heterocycles. The number of alkyl halides is 3. The zero-order valence-corrected chi connectivity index (χ0v) is 18.8. The minimum absolute atomic E-state index is 0.0282. The van der Waals surface area contributed by atoms with Gasteiger partial charge in [0, 0.05) is 37.0 Å². The molecule has 0 saturated heterocycles. The van der Waals surface area contributed by atoms with E-state index >= 15 is 0 Å². The van der Waals surface area contributed by atoms with Crippen LogP contribution in [0.15, 0.2) is 60.8 Å². The van der Waals surface area contributed by atoms with Gasteiger partial charge in [-0.05, 0) is 48.7 Å². The molecule has 1 aliphatic rings. The standard InChI is InChI=1S/C25H22F3N5O2/c1-33-21-9-8-18(35-19-10-11-29-22(13-19)32-23(34)16-4-5-16)12-20(21)31-24(33)30-17-6-2-15(3-7-17)14-25(26,27)28/h2-3,6-13,16H,4-5,14H2,1H3,(H,30,31)(H,29,32,34). The summed E-state index contributed by atoms with van der Waals surface area (Å²) in [6.45, 7) is 0. The highest BCUT2D eigenvalue weighted by molar-refractivity contribution is 5.93. The van der Waals surface area contributed by atoms with Crippen LogP contribution in [0.25, 0.3) is 11.0 Å². The second-order valence-electron chi connectivity index (χ2n) is 8.50. The van der Waals surface area contributed by atoms with Crippen molar-refractivity contribution in [1.82, 2.24) is 14.5 Å². The van der Waals surface area contributed by atoms with E-state index in [1.54, 1.807) is 36.5 Å². The van der Waals surface area contributed by atoms with E-state index in [-0.39, 0.29) is 17.4 Å². The van der Waals surface area contributed by atoms with Gasteiger partial charge < -0.3 is 19.9 Å². The fraction of sp³-hybridized carbons (Fsp3) is 0.240. The predicted octanol–water partition coefficient (Wildman–Crippen LogP) is 5.96. The maximum absolute atomic E-state index is 12.6. The van der Waals surface area contributed by atoms with Crippen molar-refractivity contribution < 1.29 is 22.7 Å². The van der Waals surface area contributed by atoms with Crippen LogP contribution in [0, 0.1) is 5.92 Å². The van der Waals surface area contributed by atoms with Crippen molar-refractivity contribution in [2.24, 2.45) is 13.0 Å². The molecule has 4 aromatic rings. The maximum atomic E-state index is 12.6. The number of benzene rings is 2. The lowest BCUT2D eigenvalue weighted by molar-refractivity contribution is -0.127. The Balaban J connectivity index is 1.30. The molecule has 10 heteroatoms. The van der Waals surface area contributed by atoms with Crippen LogP contribution >= 0.6 is 0 Å². The number of halogens is 3. The molecule has 1 fully saturated rings. The van der Waals surface area contributed by atoms with Crippen LogP contribution in [0.2, 0.25) is 0 Å². The lowest BCUT2D eigenvalue weighted by Crippen LogP contribution is -2.14. The van der Waals surface area contributed by atoms with Crippen molar-refractivity contribution in [3.63, 3.8) is 0 Å². The second kappa shape index (κ2) is 8.94. The number of imidazole rings is 1. The van der Waals surface area contributed by atoms with Gasteiger partial charge in [0.15, 0.2) is 0 Å². The van der Waals surface area contributed by atoms with E-state index in [2.05, 4.69) is 20.6 Å². The Morgan fingerprint density at radius 1 is 1.09 bits per heavy atom. The summed E-state index contributed by atoms with van der Waals surface area (Å²) in [5.74, 6) is 2.11. The van der Waals surface area contributed by atoms with E-state index in [1.165, 1.54) is 12.1 Å². The van der Waals surface area contributed by atoms with Crippen molar-refractivity contribution in [3.05, 3.63) is 66.4 Å². The van der Waals surface area contributed by atoms with E-state index in [1.807, 2.05) is 23.7 Å². The summed E-state index contributed by atoms with van der Waals surface area (Å²) < 4.78 is 45.5. The Kier molecular flexibility index (Phi) is 5.80. The van der Waals surface area contributed by atoms with E-state index in [4.69, 9.17) is 4.74 Å². The highest BCUT2D eigenvalue weighted by atomic mass is 19.4. The quantitative estimate of drug-likeness (QED) is 0.341. The lowest BCUT2D eigenvalue weighted by Gasteiger charge is -2.09. The Hall–Kier alpha value is -4.08. The minimum Gasteiger partial charge on any atom is -0.457 e. The summed E-state index contributed by atoms with van der Waals surface area (Å²) in [6, 6.07) is 14.9. The average molecular weight is 481 g/mol. The molecule has 1 saturated carbocycles. The lowest BCUT2D eigenvalue weighted by atomic mass is 10.1. The molecule has 2 aromatic heterocycles. The first-order valence-electron chi connectivity index (χ1n) is 11.1. The third kappa shape index (κ3) is 5.53. The first kappa shape index (κ1) is 22.7. The van der Waals surface area contributed by atoms with E-state index < -0.39 is 12.6 Å². The molecule has 1 aliphatic carbocycles. The van der Waals surface area contributed by atoms with Crippen molar-refractivity contribution in [2.75, 3.05) is 10.6 Å². The molecule has 0 unspecified atom stereocenters. The molecular formula is C25H22F3N5O2. The van der Waals surface area contributed by atoms with Gasteiger partial charge in [0.05, 0.1) is 17.5 Å². The Morgan fingerprint density at radius 2 is 1.83 bits per heavy atom. The first-order chi connectivity index (χ1) is 16.7. The van der Waals surface area contributed by atoms with Crippen molar-refractivity contribution in [1.29, 1.82) is 0 Å². The Labute approximate surface area is 199 Å². The van der Waals surface area contributed by atoms with E-state index in [0.29, 0.717) is 34.5 Å². The van der Waals surface area contributed by atoms with Crippen molar-refractivity contribution >= 4 is 34.4 Å². The zero-order valence-electron chi connectivity index (χ0n) is 18.8. The molecule has 2 N–H and O–H groups in total.